The number of fused-ring (bicyclic) bond motifs is 1. The summed E-state index contributed by atoms with van der Waals surface area (Å²) in [6.45, 7) is 5.36. The van der Waals surface area contributed by atoms with E-state index in [0.717, 1.165) is 35.7 Å². The predicted molar refractivity (Wildman–Crippen MR) is 169 cm³/mol. The Bertz CT molecular complexity index is 1800. The zero-order valence-corrected chi connectivity index (χ0v) is 26.7. The van der Waals surface area contributed by atoms with E-state index in [2.05, 4.69) is 25.6 Å². The number of amides is 2. The van der Waals surface area contributed by atoms with Gasteiger partial charge in [0.05, 0.1) is 24.0 Å². The number of nitrogens with zero attached hydrogens (tertiary/aromatic N) is 6. The van der Waals surface area contributed by atoms with Crippen LogP contribution in [0.1, 0.15) is 61.5 Å². The van der Waals surface area contributed by atoms with Crippen molar-refractivity contribution in [2.24, 2.45) is 0 Å². The number of nitrogens with one attached hydrogen (secondary N) is 3. The Balaban J connectivity index is 1.23. The Kier molecular flexibility index (Phi) is 9.81. The lowest BCUT2D eigenvalue weighted by atomic mass is 10.0. The van der Waals surface area contributed by atoms with Crippen LogP contribution in [0.3, 0.4) is 0 Å². The first-order valence-electron chi connectivity index (χ1n) is 15.0. The number of aromatic nitrogens is 4. The SMILES string of the molecule is CC(=O)NCCOC(=O)NS(=O)(=O)N1CCN(c2ccc(Nc3ncc4c(C)c(C(C)=O)c(=O)n(C5CCCC5)c4n3)nc2)CC1. The number of piperazine rings is 1. The second-order valence-corrected chi connectivity index (χ2v) is 12.9. The molecular weight excluding hydrogens is 618 g/mol. The van der Waals surface area contributed by atoms with Crippen LogP contribution in [0.2, 0.25) is 0 Å². The number of hydrogen-bond acceptors (Lipinski definition) is 12. The molecule has 0 spiro atoms. The normalized spacial score (nSPS) is 15.9. The van der Waals surface area contributed by atoms with Gasteiger partial charge < -0.3 is 20.3 Å². The number of rotatable bonds is 10. The molecule has 4 heterocycles. The summed E-state index contributed by atoms with van der Waals surface area (Å²) in [5, 5.41) is 6.19. The molecule has 1 saturated carbocycles. The fourth-order valence-corrected chi connectivity index (χ4v) is 6.87. The van der Waals surface area contributed by atoms with Gasteiger partial charge >= 0.3 is 16.3 Å². The molecule has 3 aromatic heterocycles. The van der Waals surface area contributed by atoms with Gasteiger partial charge in [-0.3, -0.25) is 19.0 Å². The number of hydrogen-bond donors (Lipinski definition) is 3. The summed E-state index contributed by atoms with van der Waals surface area (Å²) in [7, 11) is -4.10. The molecule has 3 aromatic rings. The van der Waals surface area contributed by atoms with Crippen LogP contribution in [0, 0.1) is 6.92 Å². The molecule has 5 rings (SSSR count). The Hall–Kier alpha value is -4.64. The van der Waals surface area contributed by atoms with Gasteiger partial charge in [0.1, 0.15) is 18.1 Å². The molecule has 0 aromatic carbocycles. The fourth-order valence-electron chi connectivity index (χ4n) is 5.83. The summed E-state index contributed by atoms with van der Waals surface area (Å²) in [5.74, 6) is 0.159. The molecule has 16 nitrogen and oxygen atoms in total. The highest BCUT2D eigenvalue weighted by Gasteiger charge is 2.29. The highest BCUT2D eigenvalue weighted by Crippen LogP contribution is 2.32. The van der Waals surface area contributed by atoms with E-state index >= 15 is 0 Å². The van der Waals surface area contributed by atoms with Crippen LogP contribution in [0.15, 0.2) is 29.3 Å². The quantitative estimate of drug-likeness (QED) is 0.212. The Morgan fingerprint density at radius 3 is 2.37 bits per heavy atom. The van der Waals surface area contributed by atoms with Crippen molar-refractivity contribution in [3.63, 3.8) is 0 Å². The second-order valence-electron chi connectivity index (χ2n) is 11.2. The number of aryl methyl sites for hydroxylation is 1. The van der Waals surface area contributed by atoms with Gasteiger partial charge in [-0.15, -0.1) is 0 Å². The maximum atomic E-state index is 13.5. The van der Waals surface area contributed by atoms with E-state index in [1.165, 1.54) is 13.8 Å². The largest absolute Gasteiger partial charge is 0.447 e. The molecule has 246 valence electrons. The molecule has 17 heteroatoms. The first-order chi connectivity index (χ1) is 21.9. The average Bonchev–Trinajstić information content (AvgIpc) is 3.54. The van der Waals surface area contributed by atoms with Gasteiger partial charge in [0.15, 0.2) is 5.78 Å². The van der Waals surface area contributed by atoms with E-state index in [1.807, 2.05) is 15.7 Å². The third-order valence-corrected chi connectivity index (χ3v) is 9.57. The molecular formula is C29H37N9O7S. The first-order valence-corrected chi connectivity index (χ1v) is 16.5. The third-order valence-electron chi connectivity index (χ3n) is 8.10. The van der Waals surface area contributed by atoms with Gasteiger partial charge in [0, 0.05) is 50.7 Å². The molecule has 1 saturated heterocycles. The number of Topliss-reactive ketones (excluding diaryl/α,β-unsaturated/α-hetero) is 1. The molecule has 0 unspecified atom stereocenters. The van der Waals surface area contributed by atoms with Crippen molar-refractivity contribution < 1.29 is 27.5 Å². The summed E-state index contributed by atoms with van der Waals surface area (Å²) in [5.41, 5.74) is 1.68. The average molecular weight is 656 g/mol. The van der Waals surface area contributed by atoms with Crippen LogP contribution in [0.25, 0.3) is 11.0 Å². The van der Waals surface area contributed by atoms with Crippen molar-refractivity contribution >= 4 is 56.5 Å². The van der Waals surface area contributed by atoms with Gasteiger partial charge in [-0.25, -0.2) is 19.5 Å². The molecule has 1 aliphatic carbocycles. The van der Waals surface area contributed by atoms with Crippen LogP contribution in [-0.4, -0.2) is 89.4 Å². The molecule has 3 N–H and O–H groups in total. The van der Waals surface area contributed by atoms with Gasteiger partial charge in [-0.1, -0.05) is 12.8 Å². The lowest BCUT2D eigenvalue weighted by Gasteiger charge is -2.34. The molecule has 0 atom stereocenters. The lowest BCUT2D eigenvalue weighted by molar-refractivity contribution is -0.119. The second kappa shape index (κ2) is 13.8. The molecule has 46 heavy (non-hydrogen) atoms. The van der Waals surface area contributed by atoms with Gasteiger partial charge in [0.25, 0.3) is 5.56 Å². The molecule has 2 aliphatic rings. The monoisotopic (exact) mass is 655 g/mol. The maximum absolute atomic E-state index is 13.5. The van der Waals surface area contributed by atoms with Crippen LogP contribution in [0.5, 0.6) is 0 Å². The third kappa shape index (κ3) is 7.25. The van der Waals surface area contributed by atoms with Crippen LogP contribution in [0.4, 0.5) is 22.2 Å². The van der Waals surface area contributed by atoms with Crippen molar-refractivity contribution in [2.45, 2.75) is 52.5 Å². The van der Waals surface area contributed by atoms with Crippen LogP contribution in [-0.2, 0) is 19.7 Å². The van der Waals surface area contributed by atoms with E-state index in [-0.39, 0.29) is 61.0 Å². The van der Waals surface area contributed by atoms with Crippen molar-refractivity contribution in [1.82, 2.24) is 33.9 Å². The molecule has 0 radical (unpaired) electrons. The first kappa shape index (κ1) is 32.7. The van der Waals surface area contributed by atoms with Crippen LogP contribution < -0.4 is 25.8 Å². The Labute approximate surface area is 265 Å². The van der Waals surface area contributed by atoms with Crippen molar-refractivity contribution in [3.05, 3.63) is 46.0 Å². The minimum absolute atomic E-state index is 0.0323. The fraction of sp³-hybridized carbons (Fsp3) is 0.483. The minimum atomic E-state index is -4.10. The number of carbonyl (C=O) groups excluding carboxylic acids is 3. The predicted octanol–water partition coefficient (Wildman–Crippen LogP) is 1.79. The maximum Gasteiger partial charge on any atom is 0.421 e. The number of carbonyl (C=O) groups is 3. The number of pyridine rings is 2. The topological polar surface area (TPSA) is 198 Å². The summed E-state index contributed by atoms with van der Waals surface area (Å²) in [4.78, 5) is 64.2. The van der Waals surface area contributed by atoms with Gasteiger partial charge in [0.2, 0.25) is 11.9 Å². The number of ketones is 1. The van der Waals surface area contributed by atoms with E-state index in [9.17, 15) is 27.6 Å². The molecule has 0 bridgehead atoms. The highest BCUT2D eigenvalue weighted by atomic mass is 32.2. The van der Waals surface area contributed by atoms with E-state index in [1.54, 1.807) is 30.0 Å². The van der Waals surface area contributed by atoms with E-state index < -0.39 is 16.3 Å². The molecule has 2 amide bonds. The van der Waals surface area contributed by atoms with Crippen molar-refractivity contribution in [1.29, 1.82) is 0 Å². The smallest absolute Gasteiger partial charge is 0.421 e. The minimum Gasteiger partial charge on any atom is -0.447 e. The van der Waals surface area contributed by atoms with Gasteiger partial charge in [-0.05, 0) is 44.4 Å². The van der Waals surface area contributed by atoms with E-state index in [4.69, 9.17) is 4.74 Å². The number of anilines is 3. The van der Waals surface area contributed by atoms with Crippen molar-refractivity contribution in [3.8, 4) is 0 Å². The molecule has 2 fully saturated rings. The van der Waals surface area contributed by atoms with E-state index in [0.29, 0.717) is 35.5 Å². The Morgan fingerprint density at radius 2 is 1.74 bits per heavy atom. The summed E-state index contributed by atoms with van der Waals surface area (Å²) >= 11 is 0. The van der Waals surface area contributed by atoms with Crippen molar-refractivity contribution in [2.75, 3.05) is 49.5 Å². The number of ether oxygens (including phenoxy) is 1. The summed E-state index contributed by atoms with van der Waals surface area (Å²) in [6.07, 6.45) is 5.86. The summed E-state index contributed by atoms with van der Waals surface area (Å²) in [6, 6.07) is 3.55. The van der Waals surface area contributed by atoms with Gasteiger partial charge in [-0.2, -0.15) is 17.7 Å². The standard InChI is InChI=1S/C29H37N9O7S/c1-18-23-17-32-28(34-26(23)38(21-6-4-5-7-21)27(41)25(18)19(2)39)33-24-9-8-22(16-31-24)36-11-13-37(14-12-36)46(43,44)35-29(42)45-15-10-30-20(3)40/h8-9,16-17,21H,4-7,10-15H2,1-3H3,(H,30,40)(H,35,42)(H,31,32,33,34). The van der Waals surface area contributed by atoms with Crippen LogP contribution >= 0.6 is 0 Å². The zero-order chi connectivity index (χ0) is 33.0. The molecule has 1 aliphatic heterocycles. The highest BCUT2D eigenvalue weighted by molar-refractivity contribution is 7.87. The Morgan fingerprint density at radius 1 is 1.02 bits per heavy atom. The summed E-state index contributed by atoms with van der Waals surface area (Å²) < 4.78 is 34.7. The zero-order valence-electron chi connectivity index (χ0n) is 25.9. The lowest BCUT2D eigenvalue weighted by Crippen LogP contribution is -2.53.